The standard InChI is InChI=1S/C87H149NO8/c1-6-8-10-12-14-16-18-20-22-24-26-28-30-32-34-36-38-40-41-42-43-44-45-46-48-50-52-54-56-58-60-62-64-66-68-70-72-74-76-78-85(90)96-83(82-95-87(86(91)92)93-80-79-88(3,4)5)81-94-84(89)77-75-73-71-69-67-65-63-61-59-57-55-53-51-49-47-39-37-35-33-31-29-27-25-23-21-19-17-15-13-11-9-7-2/h8,10,14,16,20,22,26,28,32,34,38,40,42-43,45-46,50,52,56,58,62,64,83,87H,6-7,9,11-13,15,17-19,21,23-25,27,29-31,33,35-37,39,41,44,47-49,51,53-55,57,59-61,63,65-82H2,1-5H3/b10-8-,16-14-,22-20-,28-26-,34-32-,40-38-,43-42-,46-45-,52-50-,58-56-,64-62-. The maximum Gasteiger partial charge on any atom is 0.306 e. The summed E-state index contributed by atoms with van der Waals surface area (Å²) in [7, 11) is 5.93. The number of quaternary nitrogens is 1. The first-order valence-electron chi connectivity index (χ1n) is 39.8. The van der Waals surface area contributed by atoms with Gasteiger partial charge in [-0.3, -0.25) is 9.59 Å². The molecule has 550 valence electrons. The Balaban J connectivity index is 4.13. The third-order valence-corrected chi connectivity index (χ3v) is 17.2. The second-order valence-electron chi connectivity index (χ2n) is 27.6. The van der Waals surface area contributed by atoms with Crippen molar-refractivity contribution in [3.63, 3.8) is 0 Å². The van der Waals surface area contributed by atoms with Crippen molar-refractivity contribution in [3.8, 4) is 0 Å². The smallest absolute Gasteiger partial charge is 0.306 e. The molecule has 0 N–H and O–H groups in total. The largest absolute Gasteiger partial charge is 0.545 e. The molecule has 0 bridgehead atoms. The van der Waals surface area contributed by atoms with Gasteiger partial charge in [-0.2, -0.15) is 0 Å². The summed E-state index contributed by atoms with van der Waals surface area (Å²) >= 11 is 0. The number of rotatable bonds is 73. The van der Waals surface area contributed by atoms with Crippen LogP contribution in [0.5, 0.6) is 0 Å². The van der Waals surface area contributed by atoms with Gasteiger partial charge < -0.3 is 33.3 Å². The van der Waals surface area contributed by atoms with Crippen molar-refractivity contribution >= 4 is 17.9 Å². The first-order chi connectivity index (χ1) is 47.1. The molecule has 9 nitrogen and oxygen atoms in total. The third kappa shape index (κ3) is 76.8. The minimum atomic E-state index is -1.64. The second-order valence-corrected chi connectivity index (χ2v) is 27.6. The fraction of sp³-hybridized carbons (Fsp3) is 0.713. The normalized spacial score (nSPS) is 13.4. The fourth-order valence-electron chi connectivity index (χ4n) is 11.1. The van der Waals surface area contributed by atoms with Gasteiger partial charge in [0.25, 0.3) is 0 Å². The summed E-state index contributed by atoms with van der Waals surface area (Å²) in [5, 5.41) is 11.9. The molecule has 9 heteroatoms. The first-order valence-corrected chi connectivity index (χ1v) is 39.8. The summed E-state index contributed by atoms with van der Waals surface area (Å²) < 4.78 is 22.8. The Bertz CT molecular complexity index is 2050. The molecule has 0 saturated heterocycles. The van der Waals surface area contributed by atoms with Crippen molar-refractivity contribution in [3.05, 3.63) is 134 Å². The van der Waals surface area contributed by atoms with E-state index in [1.54, 1.807) is 0 Å². The van der Waals surface area contributed by atoms with E-state index in [9.17, 15) is 19.5 Å². The molecular weight excluding hydrogens is 1190 g/mol. The van der Waals surface area contributed by atoms with E-state index in [1.165, 1.54) is 186 Å². The van der Waals surface area contributed by atoms with Crippen LogP contribution in [-0.4, -0.2) is 82.3 Å². The lowest BCUT2D eigenvalue weighted by Gasteiger charge is -2.26. The number of carboxylic acids is 1. The molecule has 2 atom stereocenters. The number of allylic oxidation sites excluding steroid dienone is 22. The summed E-state index contributed by atoms with van der Waals surface area (Å²) in [5.74, 6) is -2.30. The van der Waals surface area contributed by atoms with E-state index in [2.05, 4.69) is 148 Å². The predicted molar refractivity (Wildman–Crippen MR) is 412 cm³/mol. The number of ether oxygens (including phenoxy) is 4. The molecule has 0 aliphatic rings. The monoisotopic (exact) mass is 1340 g/mol. The summed E-state index contributed by atoms with van der Waals surface area (Å²) in [5.41, 5.74) is 0. The van der Waals surface area contributed by atoms with E-state index < -0.39 is 24.3 Å². The van der Waals surface area contributed by atoms with Crippen LogP contribution in [0.1, 0.15) is 341 Å². The van der Waals surface area contributed by atoms with Crippen LogP contribution < -0.4 is 5.11 Å². The quantitative estimate of drug-likeness (QED) is 0.0195. The average molecular weight is 1340 g/mol. The molecule has 0 amide bonds. The van der Waals surface area contributed by atoms with Crippen molar-refractivity contribution in [2.75, 3.05) is 47.5 Å². The van der Waals surface area contributed by atoms with E-state index in [0.29, 0.717) is 17.4 Å². The number of carbonyl (C=O) groups is 3. The molecule has 0 radical (unpaired) electrons. The number of unbranched alkanes of at least 4 members (excludes halogenated alkanes) is 36. The van der Waals surface area contributed by atoms with E-state index >= 15 is 0 Å². The summed E-state index contributed by atoms with van der Waals surface area (Å²) in [6.07, 6.45) is 107. The first kappa shape index (κ1) is 91.4. The Labute approximate surface area is 592 Å². The lowest BCUT2D eigenvalue weighted by molar-refractivity contribution is -0.870. The maximum absolute atomic E-state index is 13.0. The van der Waals surface area contributed by atoms with Crippen LogP contribution in [0.2, 0.25) is 0 Å². The molecule has 0 fully saturated rings. The number of carbonyl (C=O) groups excluding carboxylic acids is 3. The average Bonchev–Trinajstić information content (AvgIpc) is 2.40. The molecule has 0 saturated carbocycles. The van der Waals surface area contributed by atoms with Gasteiger partial charge in [0.05, 0.1) is 40.3 Å². The van der Waals surface area contributed by atoms with Crippen molar-refractivity contribution in [2.45, 2.75) is 354 Å². The summed E-state index contributed by atoms with van der Waals surface area (Å²) in [6.45, 7) is 4.64. The Morgan fingerprint density at radius 3 is 0.885 bits per heavy atom. The van der Waals surface area contributed by atoms with Gasteiger partial charge in [0.15, 0.2) is 12.4 Å². The fourth-order valence-corrected chi connectivity index (χ4v) is 11.1. The SMILES string of the molecule is CC/C=C\C/C=C\C/C=C\C/C=C\C/C=C\C/C=C\C/C=C\C/C=C\C/C=C\C/C=C\C/C=C\CCCCCCCC(=O)OC(COC(=O)CCCCCCCCCCCCCCCCCCCCCCCCCCCCCCCCCC)COC(OCC[N+](C)(C)C)C(=O)[O-]. The zero-order valence-corrected chi connectivity index (χ0v) is 63.0. The summed E-state index contributed by atoms with van der Waals surface area (Å²) in [4.78, 5) is 37.6. The van der Waals surface area contributed by atoms with Crippen molar-refractivity contribution in [2.24, 2.45) is 0 Å². The van der Waals surface area contributed by atoms with Crippen LogP contribution in [0.15, 0.2) is 134 Å². The van der Waals surface area contributed by atoms with Gasteiger partial charge in [0.2, 0.25) is 0 Å². The Morgan fingerprint density at radius 1 is 0.323 bits per heavy atom. The molecule has 0 rings (SSSR count). The second kappa shape index (κ2) is 76.2. The molecule has 0 aliphatic heterocycles. The van der Waals surface area contributed by atoms with E-state index in [4.69, 9.17) is 18.9 Å². The zero-order valence-electron chi connectivity index (χ0n) is 63.0. The van der Waals surface area contributed by atoms with E-state index in [0.717, 1.165) is 122 Å². The zero-order chi connectivity index (χ0) is 69.7. The Hall–Kier alpha value is -4.57. The van der Waals surface area contributed by atoms with Crippen LogP contribution in [-0.2, 0) is 33.3 Å². The van der Waals surface area contributed by atoms with Crippen LogP contribution in [0.4, 0.5) is 0 Å². The molecule has 0 heterocycles. The number of aliphatic carboxylic acids is 1. The van der Waals surface area contributed by atoms with Gasteiger partial charge in [0, 0.05) is 12.8 Å². The molecule has 0 spiro atoms. The highest BCUT2D eigenvalue weighted by Gasteiger charge is 2.22. The van der Waals surface area contributed by atoms with Gasteiger partial charge in [0.1, 0.15) is 13.2 Å². The highest BCUT2D eigenvalue weighted by molar-refractivity contribution is 5.70. The highest BCUT2D eigenvalue weighted by Crippen LogP contribution is 2.18. The predicted octanol–water partition coefficient (Wildman–Crippen LogP) is 24.3. The minimum Gasteiger partial charge on any atom is -0.545 e. The number of nitrogens with zero attached hydrogens (tertiary/aromatic N) is 1. The number of esters is 2. The van der Waals surface area contributed by atoms with Crippen LogP contribution in [0.25, 0.3) is 0 Å². The number of hydrogen-bond donors (Lipinski definition) is 0. The lowest BCUT2D eigenvalue weighted by Crippen LogP contribution is -2.44. The number of hydrogen-bond acceptors (Lipinski definition) is 8. The van der Waals surface area contributed by atoms with Crippen molar-refractivity contribution < 1.29 is 42.9 Å². The van der Waals surface area contributed by atoms with Gasteiger partial charge >= 0.3 is 11.9 Å². The molecule has 0 aromatic carbocycles. The molecular formula is C87H149NO8. The molecule has 96 heavy (non-hydrogen) atoms. The van der Waals surface area contributed by atoms with Gasteiger partial charge in [-0.05, 0) is 96.3 Å². The van der Waals surface area contributed by atoms with Crippen LogP contribution >= 0.6 is 0 Å². The van der Waals surface area contributed by atoms with E-state index in [-0.39, 0.29) is 38.6 Å². The number of likely N-dealkylation sites (N-methyl/N-ethyl adjacent to an activating group) is 1. The Morgan fingerprint density at radius 2 is 0.594 bits per heavy atom. The molecule has 0 aromatic rings. The minimum absolute atomic E-state index is 0.139. The van der Waals surface area contributed by atoms with E-state index in [1.807, 2.05) is 21.1 Å². The molecule has 0 aliphatic carbocycles. The van der Waals surface area contributed by atoms with Crippen LogP contribution in [0.3, 0.4) is 0 Å². The van der Waals surface area contributed by atoms with Gasteiger partial charge in [-0.1, -0.05) is 366 Å². The maximum atomic E-state index is 13.0. The third-order valence-electron chi connectivity index (χ3n) is 17.2. The van der Waals surface area contributed by atoms with Crippen molar-refractivity contribution in [1.82, 2.24) is 0 Å². The summed E-state index contributed by atoms with van der Waals surface area (Å²) in [6, 6.07) is 0. The highest BCUT2D eigenvalue weighted by atomic mass is 16.7. The van der Waals surface area contributed by atoms with Gasteiger partial charge in [-0.15, -0.1) is 0 Å². The van der Waals surface area contributed by atoms with Crippen LogP contribution in [0, 0.1) is 0 Å². The Kier molecular flexibility index (Phi) is 72.6. The topological polar surface area (TPSA) is 111 Å². The number of carboxylic acid groups (broad SMARTS) is 1. The lowest BCUT2D eigenvalue weighted by atomic mass is 10.0. The van der Waals surface area contributed by atoms with Crippen molar-refractivity contribution in [1.29, 1.82) is 0 Å². The molecule has 2 unspecified atom stereocenters. The molecule has 0 aromatic heterocycles. The van der Waals surface area contributed by atoms with Gasteiger partial charge in [-0.25, -0.2) is 0 Å².